The predicted octanol–water partition coefficient (Wildman–Crippen LogP) is 0.928. The summed E-state index contributed by atoms with van der Waals surface area (Å²) in [5, 5.41) is 8.68. The molecule has 0 aliphatic heterocycles. The molecule has 1 rings (SSSR count). The van der Waals surface area contributed by atoms with E-state index in [1.54, 1.807) is 31.3 Å². The molecule has 19 heavy (non-hydrogen) atoms. The molecule has 0 radical (unpaired) electrons. The molecule has 108 valence electrons. The number of aliphatic hydroxyl groups is 1. The first kappa shape index (κ1) is 16.1. The molecule has 3 N–H and O–H groups in total. The van der Waals surface area contributed by atoms with Gasteiger partial charge in [0.1, 0.15) is 0 Å². The second-order valence-corrected chi connectivity index (χ2v) is 6.50. The molecule has 0 saturated heterocycles. The number of sulfonamides is 1. The molecule has 0 fully saturated rings. The van der Waals surface area contributed by atoms with Gasteiger partial charge in [-0.3, -0.25) is 0 Å². The van der Waals surface area contributed by atoms with Crippen LogP contribution in [0.25, 0.3) is 0 Å². The predicted molar refractivity (Wildman–Crippen MR) is 75.1 cm³/mol. The molecule has 1 aromatic carbocycles. The highest BCUT2D eigenvalue weighted by atomic mass is 32.2. The average molecular weight is 286 g/mol. The van der Waals surface area contributed by atoms with E-state index < -0.39 is 10.0 Å². The van der Waals surface area contributed by atoms with Gasteiger partial charge in [0, 0.05) is 26.7 Å². The van der Waals surface area contributed by atoms with Crippen LogP contribution in [-0.2, 0) is 16.6 Å². The van der Waals surface area contributed by atoms with Gasteiger partial charge in [-0.25, -0.2) is 12.7 Å². The quantitative estimate of drug-likeness (QED) is 0.696. The fraction of sp³-hybridized carbons (Fsp3) is 0.538. The first-order valence-electron chi connectivity index (χ1n) is 6.38. The van der Waals surface area contributed by atoms with Crippen molar-refractivity contribution in [2.75, 3.05) is 20.2 Å². The van der Waals surface area contributed by atoms with Crippen LogP contribution in [0.15, 0.2) is 29.2 Å². The van der Waals surface area contributed by atoms with E-state index in [2.05, 4.69) is 0 Å². The number of aliphatic hydroxyl groups excluding tert-OH is 1. The number of hydrogen-bond acceptors (Lipinski definition) is 4. The lowest BCUT2D eigenvalue weighted by Gasteiger charge is -2.17. The number of nitrogens with two attached hydrogens (primary N) is 1. The van der Waals surface area contributed by atoms with Crippen LogP contribution in [0.4, 0.5) is 0 Å². The zero-order chi connectivity index (χ0) is 14.3. The van der Waals surface area contributed by atoms with Crippen LogP contribution in [0.2, 0.25) is 0 Å². The zero-order valence-electron chi connectivity index (χ0n) is 11.2. The first-order chi connectivity index (χ1) is 9.02. The van der Waals surface area contributed by atoms with Crippen molar-refractivity contribution in [2.45, 2.75) is 30.7 Å². The SMILES string of the molecule is CN(CCCCCO)S(=O)(=O)c1ccc(CN)cc1. The third-order valence-electron chi connectivity index (χ3n) is 3.00. The van der Waals surface area contributed by atoms with Gasteiger partial charge in [-0.05, 0) is 37.0 Å². The van der Waals surface area contributed by atoms with Crippen LogP contribution in [0, 0.1) is 0 Å². The Morgan fingerprint density at radius 1 is 1.16 bits per heavy atom. The lowest BCUT2D eigenvalue weighted by atomic mass is 10.2. The van der Waals surface area contributed by atoms with Gasteiger partial charge >= 0.3 is 0 Å². The molecule has 6 heteroatoms. The van der Waals surface area contributed by atoms with Crippen LogP contribution in [0.1, 0.15) is 24.8 Å². The molecule has 0 aromatic heterocycles. The van der Waals surface area contributed by atoms with Gasteiger partial charge in [0.2, 0.25) is 10.0 Å². The fourth-order valence-corrected chi connectivity index (χ4v) is 2.93. The molecular formula is C13H22N2O3S. The maximum Gasteiger partial charge on any atom is 0.242 e. The van der Waals surface area contributed by atoms with Crippen LogP contribution >= 0.6 is 0 Å². The summed E-state index contributed by atoms with van der Waals surface area (Å²) in [7, 11) is -1.85. The highest BCUT2D eigenvalue weighted by Gasteiger charge is 2.19. The van der Waals surface area contributed by atoms with E-state index in [0.29, 0.717) is 19.5 Å². The third-order valence-corrected chi connectivity index (χ3v) is 4.87. The van der Waals surface area contributed by atoms with Gasteiger partial charge in [-0.2, -0.15) is 0 Å². The Hall–Kier alpha value is -0.950. The van der Waals surface area contributed by atoms with E-state index in [0.717, 1.165) is 18.4 Å². The molecule has 0 amide bonds. The summed E-state index contributed by atoms with van der Waals surface area (Å²) in [4.78, 5) is 0.286. The van der Waals surface area contributed by atoms with Crippen molar-refractivity contribution in [3.8, 4) is 0 Å². The van der Waals surface area contributed by atoms with Crippen molar-refractivity contribution < 1.29 is 13.5 Å². The van der Waals surface area contributed by atoms with E-state index >= 15 is 0 Å². The Morgan fingerprint density at radius 2 is 1.79 bits per heavy atom. The van der Waals surface area contributed by atoms with Crippen molar-refractivity contribution in [3.63, 3.8) is 0 Å². The summed E-state index contributed by atoms with van der Waals surface area (Å²) in [6, 6.07) is 6.63. The van der Waals surface area contributed by atoms with Crippen LogP contribution < -0.4 is 5.73 Å². The highest BCUT2D eigenvalue weighted by Crippen LogP contribution is 2.15. The molecule has 0 aliphatic carbocycles. The lowest BCUT2D eigenvalue weighted by Crippen LogP contribution is -2.28. The summed E-state index contributed by atoms with van der Waals surface area (Å²) in [5.74, 6) is 0. The van der Waals surface area contributed by atoms with Crippen LogP contribution in [0.3, 0.4) is 0 Å². The van der Waals surface area contributed by atoms with E-state index in [-0.39, 0.29) is 11.5 Å². The summed E-state index contributed by atoms with van der Waals surface area (Å²) in [6.07, 6.45) is 2.28. The Kier molecular flexibility index (Phi) is 6.44. The number of nitrogens with zero attached hydrogens (tertiary/aromatic N) is 1. The monoisotopic (exact) mass is 286 g/mol. The largest absolute Gasteiger partial charge is 0.396 e. The minimum Gasteiger partial charge on any atom is -0.396 e. The molecule has 0 atom stereocenters. The number of benzene rings is 1. The van der Waals surface area contributed by atoms with Crippen LogP contribution in [-0.4, -0.2) is 38.0 Å². The maximum absolute atomic E-state index is 12.2. The zero-order valence-corrected chi connectivity index (χ0v) is 12.1. The average Bonchev–Trinajstić information content (AvgIpc) is 2.43. The first-order valence-corrected chi connectivity index (χ1v) is 7.82. The van der Waals surface area contributed by atoms with Gasteiger partial charge < -0.3 is 10.8 Å². The normalized spacial score (nSPS) is 12.0. The standard InChI is InChI=1S/C13H22N2O3S/c1-15(9-3-2-4-10-16)19(17,18)13-7-5-12(11-14)6-8-13/h5-8,16H,2-4,9-11,14H2,1H3. The summed E-state index contributed by atoms with van der Waals surface area (Å²) in [5.41, 5.74) is 6.39. The molecule has 0 heterocycles. The van der Waals surface area contributed by atoms with E-state index in [4.69, 9.17) is 10.8 Å². The number of unbranched alkanes of at least 4 members (excludes halogenated alkanes) is 2. The van der Waals surface area contributed by atoms with Gasteiger partial charge in [-0.15, -0.1) is 0 Å². The molecule has 0 aliphatic rings. The minimum atomic E-state index is -3.42. The van der Waals surface area contributed by atoms with E-state index in [1.807, 2.05) is 0 Å². The number of hydrogen-bond donors (Lipinski definition) is 2. The second-order valence-electron chi connectivity index (χ2n) is 4.46. The molecular weight excluding hydrogens is 264 g/mol. The minimum absolute atomic E-state index is 0.150. The summed E-state index contributed by atoms with van der Waals surface area (Å²) < 4.78 is 25.8. The van der Waals surface area contributed by atoms with Crippen molar-refractivity contribution in [1.29, 1.82) is 0 Å². The second kappa shape index (κ2) is 7.59. The number of rotatable bonds is 8. The molecule has 1 aromatic rings. The Labute approximate surface area is 115 Å². The van der Waals surface area contributed by atoms with Crippen LogP contribution in [0.5, 0.6) is 0 Å². The van der Waals surface area contributed by atoms with Gasteiger partial charge in [0.25, 0.3) is 0 Å². The smallest absolute Gasteiger partial charge is 0.242 e. The van der Waals surface area contributed by atoms with Crippen molar-refractivity contribution >= 4 is 10.0 Å². The Morgan fingerprint density at radius 3 is 2.32 bits per heavy atom. The molecule has 0 unspecified atom stereocenters. The summed E-state index contributed by atoms with van der Waals surface area (Å²) in [6.45, 7) is 1.01. The Bertz CT molecular complexity index is 471. The van der Waals surface area contributed by atoms with Gasteiger partial charge in [0.15, 0.2) is 0 Å². The summed E-state index contributed by atoms with van der Waals surface area (Å²) >= 11 is 0. The topological polar surface area (TPSA) is 83.6 Å². The highest BCUT2D eigenvalue weighted by molar-refractivity contribution is 7.89. The van der Waals surface area contributed by atoms with Crippen molar-refractivity contribution in [3.05, 3.63) is 29.8 Å². The Balaban J connectivity index is 2.67. The molecule has 0 saturated carbocycles. The van der Waals surface area contributed by atoms with Crippen molar-refractivity contribution in [2.24, 2.45) is 5.73 Å². The maximum atomic E-state index is 12.2. The third kappa shape index (κ3) is 4.58. The molecule has 0 spiro atoms. The molecule has 0 bridgehead atoms. The van der Waals surface area contributed by atoms with E-state index in [9.17, 15) is 8.42 Å². The van der Waals surface area contributed by atoms with Gasteiger partial charge in [0.05, 0.1) is 4.90 Å². The molecule has 5 nitrogen and oxygen atoms in total. The van der Waals surface area contributed by atoms with Gasteiger partial charge in [-0.1, -0.05) is 12.1 Å². The fourth-order valence-electron chi connectivity index (χ4n) is 1.72. The van der Waals surface area contributed by atoms with Crippen molar-refractivity contribution in [1.82, 2.24) is 4.31 Å². The van der Waals surface area contributed by atoms with E-state index in [1.165, 1.54) is 4.31 Å². The lowest BCUT2D eigenvalue weighted by molar-refractivity contribution is 0.281.